The summed E-state index contributed by atoms with van der Waals surface area (Å²) >= 11 is 0. The second kappa shape index (κ2) is 4.20. The Balaban J connectivity index is 3.17. The molecule has 0 fully saturated rings. The Bertz CT molecular complexity index is 393. The summed E-state index contributed by atoms with van der Waals surface area (Å²) in [6, 6.07) is 2.34. The van der Waals surface area contributed by atoms with Crippen LogP contribution in [0.1, 0.15) is 11.1 Å². The lowest BCUT2D eigenvalue weighted by Crippen LogP contribution is -2.03. The first kappa shape index (κ1) is 11.4. The average Bonchev–Trinajstić information content (AvgIpc) is 2.09. The molecule has 0 radical (unpaired) electrons. The van der Waals surface area contributed by atoms with Gasteiger partial charge in [0.1, 0.15) is 5.75 Å². The number of nitro benzene ring substituents is 1. The number of nitrogens with zero attached hydrogens (tertiary/aromatic N) is 1. The van der Waals surface area contributed by atoms with E-state index in [-0.39, 0.29) is 11.4 Å². The number of ether oxygens (including phenoxy) is 1. The van der Waals surface area contributed by atoms with Gasteiger partial charge in [0.15, 0.2) is 0 Å². The quantitative estimate of drug-likeness (QED) is 0.577. The summed E-state index contributed by atoms with van der Waals surface area (Å²) in [7, 11) is 0. The molecule has 0 N–H and O–H groups in total. The van der Waals surface area contributed by atoms with E-state index in [2.05, 4.69) is 4.74 Å². The second-order valence-corrected chi connectivity index (χ2v) is 3.02. The molecule has 15 heavy (non-hydrogen) atoms. The molecule has 0 heterocycles. The first-order chi connectivity index (χ1) is 6.91. The monoisotopic (exact) mass is 217 g/mol. The number of halogens is 2. The van der Waals surface area contributed by atoms with Crippen molar-refractivity contribution in [3.05, 3.63) is 33.4 Å². The van der Waals surface area contributed by atoms with Crippen molar-refractivity contribution in [2.45, 2.75) is 20.5 Å². The number of benzene rings is 1. The Morgan fingerprint density at radius 2 is 2.00 bits per heavy atom. The van der Waals surface area contributed by atoms with Crippen molar-refractivity contribution in [3.63, 3.8) is 0 Å². The van der Waals surface area contributed by atoms with E-state index in [1.807, 2.05) is 0 Å². The van der Waals surface area contributed by atoms with Crippen molar-refractivity contribution in [2.75, 3.05) is 0 Å². The van der Waals surface area contributed by atoms with Gasteiger partial charge in [-0.05, 0) is 25.5 Å². The molecule has 1 aromatic carbocycles. The summed E-state index contributed by atoms with van der Waals surface area (Å²) in [6.07, 6.45) is 0. The highest BCUT2D eigenvalue weighted by molar-refractivity contribution is 5.49. The maximum Gasteiger partial charge on any atom is 0.387 e. The van der Waals surface area contributed by atoms with Crippen molar-refractivity contribution >= 4 is 5.69 Å². The van der Waals surface area contributed by atoms with E-state index < -0.39 is 11.5 Å². The fraction of sp³-hybridized carbons (Fsp3) is 0.333. The second-order valence-electron chi connectivity index (χ2n) is 3.02. The van der Waals surface area contributed by atoms with Crippen LogP contribution in [0.25, 0.3) is 0 Å². The van der Waals surface area contributed by atoms with Gasteiger partial charge in [-0.15, -0.1) is 0 Å². The fourth-order valence-corrected chi connectivity index (χ4v) is 1.17. The number of aryl methyl sites for hydroxylation is 1. The molecule has 0 aromatic heterocycles. The van der Waals surface area contributed by atoms with Crippen LogP contribution in [0.2, 0.25) is 0 Å². The van der Waals surface area contributed by atoms with Crippen LogP contribution >= 0.6 is 0 Å². The van der Waals surface area contributed by atoms with Gasteiger partial charge in [0.2, 0.25) is 0 Å². The fourth-order valence-electron chi connectivity index (χ4n) is 1.17. The van der Waals surface area contributed by atoms with Gasteiger partial charge in [-0.3, -0.25) is 10.1 Å². The molecule has 4 nitrogen and oxygen atoms in total. The molecule has 0 saturated carbocycles. The lowest BCUT2D eigenvalue weighted by molar-refractivity contribution is -0.385. The van der Waals surface area contributed by atoms with Gasteiger partial charge < -0.3 is 4.74 Å². The molecule has 0 unspecified atom stereocenters. The minimum absolute atomic E-state index is 0.195. The summed E-state index contributed by atoms with van der Waals surface area (Å²) in [5.41, 5.74) is 0.770. The zero-order chi connectivity index (χ0) is 11.6. The molecule has 0 bridgehead atoms. The molecule has 1 aromatic rings. The van der Waals surface area contributed by atoms with Crippen LogP contribution in [-0.4, -0.2) is 11.5 Å². The van der Waals surface area contributed by atoms with Crippen molar-refractivity contribution in [3.8, 4) is 5.75 Å². The molecule has 0 saturated heterocycles. The highest BCUT2D eigenvalue weighted by Gasteiger charge is 2.16. The van der Waals surface area contributed by atoms with E-state index in [9.17, 15) is 18.9 Å². The van der Waals surface area contributed by atoms with E-state index in [0.717, 1.165) is 6.07 Å². The van der Waals surface area contributed by atoms with Crippen molar-refractivity contribution in [1.82, 2.24) is 0 Å². The minimum Gasteiger partial charge on any atom is -0.435 e. The van der Waals surface area contributed by atoms with E-state index >= 15 is 0 Å². The van der Waals surface area contributed by atoms with Gasteiger partial charge in [0, 0.05) is 5.56 Å². The molecular formula is C9H9F2NO3. The third kappa shape index (κ3) is 2.61. The van der Waals surface area contributed by atoms with Crippen LogP contribution in [0.3, 0.4) is 0 Å². The first-order valence-electron chi connectivity index (χ1n) is 4.12. The van der Waals surface area contributed by atoms with Crippen molar-refractivity contribution in [1.29, 1.82) is 0 Å². The Labute approximate surface area is 84.6 Å². The van der Waals surface area contributed by atoms with Crippen LogP contribution in [0.15, 0.2) is 12.1 Å². The molecule has 1 rings (SSSR count). The van der Waals surface area contributed by atoms with Crippen molar-refractivity contribution < 1.29 is 18.4 Å². The van der Waals surface area contributed by atoms with E-state index in [1.54, 1.807) is 13.8 Å². The number of hydrogen-bond acceptors (Lipinski definition) is 3. The van der Waals surface area contributed by atoms with Crippen LogP contribution < -0.4 is 4.74 Å². The van der Waals surface area contributed by atoms with E-state index in [1.165, 1.54) is 6.07 Å². The molecule has 0 aliphatic rings. The van der Waals surface area contributed by atoms with Gasteiger partial charge in [0.05, 0.1) is 11.0 Å². The smallest absolute Gasteiger partial charge is 0.387 e. The number of nitro groups is 1. The van der Waals surface area contributed by atoms with Crippen LogP contribution in [0, 0.1) is 24.0 Å². The molecule has 82 valence electrons. The normalized spacial score (nSPS) is 10.5. The first-order valence-corrected chi connectivity index (χ1v) is 4.12. The summed E-state index contributed by atoms with van der Waals surface area (Å²) < 4.78 is 27.9. The lowest BCUT2D eigenvalue weighted by Gasteiger charge is -2.07. The van der Waals surface area contributed by atoms with Crippen LogP contribution in [-0.2, 0) is 0 Å². The summed E-state index contributed by atoms with van der Waals surface area (Å²) in [5.74, 6) is -0.195. The average molecular weight is 217 g/mol. The van der Waals surface area contributed by atoms with Gasteiger partial charge >= 0.3 is 6.61 Å². The number of alkyl halides is 2. The Morgan fingerprint density at radius 1 is 1.40 bits per heavy atom. The Morgan fingerprint density at radius 3 is 2.47 bits per heavy atom. The summed E-state index contributed by atoms with van der Waals surface area (Å²) in [6.45, 7) is 0.173. The number of hydrogen-bond donors (Lipinski definition) is 0. The van der Waals surface area contributed by atoms with Crippen LogP contribution in [0.4, 0.5) is 14.5 Å². The topological polar surface area (TPSA) is 52.4 Å². The van der Waals surface area contributed by atoms with E-state index in [4.69, 9.17) is 0 Å². The third-order valence-electron chi connectivity index (χ3n) is 2.04. The zero-order valence-corrected chi connectivity index (χ0v) is 8.16. The SMILES string of the molecule is Cc1cc(OC(F)F)cc([N+](=O)[O-])c1C. The summed E-state index contributed by atoms with van der Waals surface area (Å²) in [5, 5.41) is 10.6. The summed E-state index contributed by atoms with van der Waals surface area (Å²) in [4.78, 5) is 9.95. The maximum absolute atomic E-state index is 11.9. The lowest BCUT2D eigenvalue weighted by atomic mass is 10.1. The third-order valence-corrected chi connectivity index (χ3v) is 2.04. The maximum atomic E-state index is 11.9. The molecule has 6 heteroatoms. The highest BCUT2D eigenvalue weighted by Crippen LogP contribution is 2.28. The predicted octanol–water partition coefficient (Wildman–Crippen LogP) is 2.81. The van der Waals surface area contributed by atoms with E-state index in [0.29, 0.717) is 11.1 Å². The predicted molar refractivity (Wildman–Crippen MR) is 49.2 cm³/mol. The molecule has 0 aliphatic heterocycles. The number of rotatable bonds is 3. The molecular weight excluding hydrogens is 208 g/mol. The standard InChI is InChI=1S/C9H9F2NO3/c1-5-3-7(15-9(10)11)4-8(6(5)2)12(13)14/h3-4,9H,1-2H3. The highest BCUT2D eigenvalue weighted by atomic mass is 19.3. The van der Waals surface area contributed by atoms with Crippen LogP contribution in [0.5, 0.6) is 5.75 Å². The molecule has 0 atom stereocenters. The molecule has 0 amide bonds. The molecule has 0 aliphatic carbocycles. The largest absolute Gasteiger partial charge is 0.435 e. The van der Waals surface area contributed by atoms with Gasteiger partial charge in [-0.25, -0.2) is 0 Å². The Hall–Kier alpha value is -1.72. The zero-order valence-electron chi connectivity index (χ0n) is 8.16. The molecule has 0 spiro atoms. The van der Waals surface area contributed by atoms with Gasteiger partial charge in [0.25, 0.3) is 5.69 Å². The van der Waals surface area contributed by atoms with Gasteiger partial charge in [-0.2, -0.15) is 8.78 Å². The van der Waals surface area contributed by atoms with Gasteiger partial charge in [-0.1, -0.05) is 0 Å². The Kier molecular flexibility index (Phi) is 3.18. The minimum atomic E-state index is -2.98. The van der Waals surface area contributed by atoms with Crippen molar-refractivity contribution in [2.24, 2.45) is 0 Å².